The Morgan fingerprint density at radius 3 is 3.06 bits per heavy atom. The van der Waals surface area contributed by atoms with E-state index in [2.05, 4.69) is 19.1 Å². The summed E-state index contributed by atoms with van der Waals surface area (Å²) < 4.78 is 0. The van der Waals surface area contributed by atoms with E-state index in [9.17, 15) is 4.79 Å². The second-order valence-electron chi connectivity index (χ2n) is 5.24. The van der Waals surface area contributed by atoms with E-state index in [1.165, 1.54) is 5.56 Å². The summed E-state index contributed by atoms with van der Waals surface area (Å²) in [7, 11) is 0. The maximum absolute atomic E-state index is 12.2. The summed E-state index contributed by atoms with van der Waals surface area (Å²) in [4.78, 5) is 14.2. The van der Waals surface area contributed by atoms with Gasteiger partial charge in [0.05, 0.1) is 6.42 Å². The van der Waals surface area contributed by atoms with E-state index < -0.39 is 0 Å². The molecule has 1 aromatic rings. The lowest BCUT2D eigenvalue weighted by atomic mass is 10.1. The highest BCUT2D eigenvalue weighted by atomic mass is 16.2. The standard InChI is InChI=1S/C15H22N2O/c1-12-3-2-4-14(9-12)10-15(18)17-8-6-13(11-17)5-7-16/h2-4,9,13H,5-8,10-11,16H2,1H3. The van der Waals surface area contributed by atoms with E-state index in [0.717, 1.165) is 38.0 Å². The summed E-state index contributed by atoms with van der Waals surface area (Å²) in [5.74, 6) is 0.858. The number of nitrogens with zero attached hydrogens (tertiary/aromatic N) is 1. The molecule has 1 amide bonds. The molecule has 1 aromatic carbocycles. The van der Waals surface area contributed by atoms with Crippen LogP contribution in [0.4, 0.5) is 0 Å². The van der Waals surface area contributed by atoms with Crippen molar-refractivity contribution in [1.82, 2.24) is 4.90 Å². The van der Waals surface area contributed by atoms with Crippen molar-refractivity contribution in [1.29, 1.82) is 0 Å². The van der Waals surface area contributed by atoms with E-state index in [4.69, 9.17) is 5.73 Å². The molecule has 0 saturated carbocycles. The first-order valence-corrected chi connectivity index (χ1v) is 6.72. The molecule has 1 aliphatic rings. The van der Waals surface area contributed by atoms with Crippen LogP contribution in [0.3, 0.4) is 0 Å². The Morgan fingerprint density at radius 2 is 2.33 bits per heavy atom. The molecule has 98 valence electrons. The fourth-order valence-corrected chi connectivity index (χ4v) is 2.64. The maximum Gasteiger partial charge on any atom is 0.226 e. The lowest BCUT2D eigenvalue weighted by Gasteiger charge is -2.16. The molecule has 2 N–H and O–H groups in total. The summed E-state index contributed by atoms with van der Waals surface area (Å²) in [6.07, 6.45) is 2.67. The van der Waals surface area contributed by atoms with Gasteiger partial charge in [-0.2, -0.15) is 0 Å². The molecule has 3 heteroatoms. The number of amides is 1. The van der Waals surface area contributed by atoms with Crippen LogP contribution in [-0.2, 0) is 11.2 Å². The summed E-state index contributed by atoms with van der Waals surface area (Å²) in [6.45, 7) is 4.57. The molecule has 0 aliphatic carbocycles. The predicted octanol–water partition coefficient (Wildman–Crippen LogP) is 1.73. The minimum Gasteiger partial charge on any atom is -0.342 e. The molecule has 0 spiro atoms. The molecule has 0 bridgehead atoms. The third-order valence-electron chi connectivity index (χ3n) is 3.65. The second kappa shape index (κ2) is 6.01. The summed E-state index contributed by atoms with van der Waals surface area (Å²) in [5.41, 5.74) is 7.89. The molecule has 1 saturated heterocycles. The number of aryl methyl sites for hydroxylation is 1. The molecule has 0 aromatic heterocycles. The highest BCUT2D eigenvalue weighted by Gasteiger charge is 2.25. The number of nitrogens with two attached hydrogens (primary N) is 1. The molecule has 3 nitrogen and oxygen atoms in total. The molecule has 1 aliphatic heterocycles. The van der Waals surface area contributed by atoms with Gasteiger partial charge in [0.25, 0.3) is 0 Å². The van der Waals surface area contributed by atoms with Crippen molar-refractivity contribution in [3.05, 3.63) is 35.4 Å². The molecule has 18 heavy (non-hydrogen) atoms. The monoisotopic (exact) mass is 246 g/mol. The Kier molecular flexibility index (Phi) is 4.37. The molecule has 0 radical (unpaired) electrons. The normalized spacial score (nSPS) is 19.2. The highest BCUT2D eigenvalue weighted by Crippen LogP contribution is 2.19. The molecule has 1 fully saturated rings. The van der Waals surface area contributed by atoms with Crippen molar-refractivity contribution in [3.8, 4) is 0 Å². The number of rotatable bonds is 4. The van der Waals surface area contributed by atoms with Gasteiger partial charge in [0.2, 0.25) is 5.91 Å². The largest absolute Gasteiger partial charge is 0.342 e. The average molecular weight is 246 g/mol. The van der Waals surface area contributed by atoms with Gasteiger partial charge in [0, 0.05) is 13.1 Å². The van der Waals surface area contributed by atoms with Crippen LogP contribution in [-0.4, -0.2) is 30.4 Å². The first kappa shape index (κ1) is 13.1. The number of carbonyl (C=O) groups excluding carboxylic acids is 1. The van der Waals surface area contributed by atoms with Crippen LogP contribution in [0, 0.1) is 12.8 Å². The van der Waals surface area contributed by atoms with Gasteiger partial charge >= 0.3 is 0 Å². The number of likely N-dealkylation sites (tertiary alicyclic amines) is 1. The van der Waals surface area contributed by atoms with E-state index in [-0.39, 0.29) is 5.91 Å². The zero-order valence-corrected chi connectivity index (χ0v) is 11.1. The highest BCUT2D eigenvalue weighted by molar-refractivity contribution is 5.79. The van der Waals surface area contributed by atoms with Crippen molar-refractivity contribution in [2.45, 2.75) is 26.2 Å². The zero-order valence-electron chi connectivity index (χ0n) is 11.1. The topological polar surface area (TPSA) is 46.3 Å². The lowest BCUT2D eigenvalue weighted by Crippen LogP contribution is -2.30. The van der Waals surface area contributed by atoms with Crippen LogP contribution in [0.5, 0.6) is 0 Å². The zero-order chi connectivity index (χ0) is 13.0. The van der Waals surface area contributed by atoms with Crippen molar-refractivity contribution < 1.29 is 4.79 Å². The summed E-state index contributed by atoms with van der Waals surface area (Å²) in [5, 5.41) is 0. The Balaban J connectivity index is 1.89. The number of benzene rings is 1. The Labute approximate surface area is 109 Å². The number of hydrogen-bond donors (Lipinski definition) is 1. The van der Waals surface area contributed by atoms with Gasteiger partial charge in [-0.25, -0.2) is 0 Å². The van der Waals surface area contributed by atoms with Gasteiger partial charge in [0.1, 0.15) is 0 Å². The van der Waals surface area contributed by atoms with Gasteiger partial charge in [-0.15, -0.1) is 0 Å². The predicted molar refractivity (Wildman–Crippen MR) is 73.2 cm³/mol. The molecule has 2 rings (SSSR count). The average Bonchev–Trinajstić information content (AvgIpc) is 2.78. The van der Waals surface area contributed by atoms with E-state index in [1.54, 1.807) is 0 Å². The minimum absolute atomic E-state index is 0.250. The van der Waals surface area contributed by atoms with Gasteiger partial charge in [-0.1, -0.05) is 29.8 Å². The lowest BCUT2D eigenvalue weighted by molar-refractivity contribution is -0.129. The molecule has 1 atom stereocenters. The van der Waals surface area contributed by atoms with Gasteiger partial charge in [-0.3, -0.25) is 4.79 Å². The Hall–Kier alpha value is -1.35. The van der Waals surface area contributed by atoms with Crippen LogP contribution < -0.4 is 5.73 Å². The Bertz CT molecular complexity index is 417. The quantitative estimate of drug-likeness (QED) is 0.879. The first-order valence-electron chi connectivity index (χ1n) is 6.72. The van der Waals surface area contributed by atoms with Crippen LogP contribution in [0.1, 0.15) is 24.0 Å². The van der Waals surface area contributed by atoms with E-state index >= 15 is 0 Å². The molecular formula is C15H22N2O. The van der Waals surface area contributed by atoms with E-state index in [0.29, 0.717) is 12.3 Å². The minimum atomic E-state index is 0.250. The number of carbonyl (C=O) groups is 1. The maximum atomic E-state index is 12.2. The fraction of sp³-hybridized carbons (Fsp3) is 0.533. The third kappa shape index (κ3) is 3.33. The van der Waals surface area contributed by atoms with Crippen molar-refractivity contribution in [2.75, 3.05) is 19.6 Å². The second-order valence-corrected chi connectivity index (χ2v) is 5.24. The van der Waals surface area contributed by atoms with E-state index in [1.807, 2.05) is 17.0 Å². The van der Waals surface area contributed by atoms with Gasteiger partial charge in [-0.05, 0) is 37.8 Å². The van der Waals surface area contributed by atoms with Crippen LogP contribution in [0.15, 0.2) is 24.3 Å². The Morgan fingerprint density at radius 1 is 1.50 bits per heavy atom. The van der Waals surface area contributed by atoms with Crippen LogP contribution >= 0.6 is 0 Å². The molecule has 1 heterocycles. The third-order valence-corrected chi connectivity index (χ3v) is 3.65. The SMILES string of the molecule is Cc1cccc(CC(=O)N2CCC(CCN)C2)c1. The number of hydrogen-bond acceptors (Lipinski definition) is 2. The van der Waals surface area contributed by atoms with Crippen molar-refractivity contribution in [2.24, 2.45) is 11.7 Å². The fourth-order valence-electron chi connectivity index (χ4n) is 2.64. The van der Waals surface area contributed by atoms with Crippen molar-refractivity contribution >= 4 is 5.91 Å². The van der Waals surface area contributed by atoms with Crippen LogP contribution in [0.25, 0.3) is 0 Å². The van der Waals surface area contributed by atoms with Crippen molar-refractivity contribution in [3.63, 3.8) is 0 Å². The summed E-state index contributed by atoms with van der Waals surface area (Å²) in [6, 6.07) is 8.18. The molecule has 1 unspecified atom stereocenters. The molecular weight excluding hydrogens is 224 g/mol. The first-order chi connectivity index (χ1) is 8.69. The smallest absolute Gasteiger partial charge is 0.226 e. The van der Waals surface area contributed by atoms with Crippen LogP contribution in [0.2, 0.25) is 0 Å². The summed E-state index contributed by atoms with van der Waals surface area (Å²) >= 11 is 0. The van der Waals surface area contributed by atoms with Gasteiger partial charge in [0.15, 0.2) is 0 Å². The van der Waals surface area contributed by atoms with Gasteiger partial charge < -0.3 is 10.6 Å².